The number of nitrogens with zero attached hydrogens (tertiary/aromatic N) is 6. The first-order valence-corrected chi connectivity index (χ1v) is 11.3. The molecule has 0 spiro atoms. The maximum Gasteiger partial charge on any atom is 0.111 e. The lowest BCUT2D eigenvalue weighted by Gasteiger charge is -2.32. The number of fused-ring (bicyclic) bond motifs is 3. The number of hydrogen-bond acceptors (Lipinski definition) is 5. The van der Waals surface area contributed by atoms with Crippen molar-refractivity contribution in [3.63, 3.8) is 0 Å². The minimum absolute atomic E-state index is 0.536. The van der Waals surface area contributed by atoms with Crippen molar-refractivity contribution in [2.24, 2.45) is 0 Å². The van der Waals surface area contributed by atoms with Gasteiger partial charge in [0.05, 0.1) is 11.0 Å². The predicted molar refractivity (Wildman–Crippen MR) is 121 cm³/mol. The number of hydrogen-bond donors (Lipinski definition) is 1. The molecule has 160 valence electrons. The molecule has 0 radical (unpaired) electrons. The van der Waals surface area contributed by atoms with Crippen LogP contribution in [0.2, 0.25) is 0 Å². The molecule has 1 atom stereocenters. The van der Waals surface area contributed by atoms with Crippen molar-refractivity contribution in [1.82, 2.24) is 29.1 Å². The second-order valence-electron chi connectivity index (χ2n) is 8.89. The number of benzene rings is 1. The first-order valence-electron chi connectivity index (χ1n) is 11.3. The molecule has 0 aliphatic carbocycles. The van der Waals surface area contributed by atoms with Crippen LogP contribution in [0.15, 0.2) is 30.6 Å². The predicted octanol–water partition coefficient (Wildman–Crippen LogP) is 2.47. The van der Waals surface area contributed by atoms with E-state index in [1.807, 2.05) is 23.1 Å². The molecule has 3 aromatic rings. The smallest absolute Gasteiger partial charge is 0.111 e. The van der Waals surface area contributed by atoms with Gasteiger partial charge < -0.3 is 14.8 Å². The number of anilines is 1. The van der Waals surface area contributed by atoms with Gasteiger partial charge in [-0.3, -0.25) is 9.58 Å². The second kappa shape index (κ2) is 8.40. The largest absolute Gasteiger partial charge is 0.382 e. The summed E-state index contributed by atoms with van der Waals surface area (Å²) < 4.78 is 4.47. The number of aromatic nitrogens is 4. The van der Waals surface area contributed by atoms with Crippen LogP contribution in [0, 0.1) is 0 Å². The Morgan fingerprint density at radius 2 is 1.97 bits per heavy atom. The Bertz CT molecular complexity index is 983. The van der Waals surface area contributed by atoms with Crippen LogP contribution in [-0.2, 0) is 25.9 Å². The van der Waals surface area contributed by atoms with Crippen LogP contribution in [-0.4, -0.2) is 74.9 Å². The number of aryl methyl sites for hydroxylation is 3. The van der Waals surface area contributed by atoms with Crippen LogP contribution in [0.3, 0.4) is 0 Å². The Labute approximate surface area is 178 Å². The highest BCUT2D eigenvalue weighted by molar-refractivity contribution is 5.86. The zero-order valence-electron chi connectivity index (χ0n) is 18.2. The van der Waals surface area contributed by atoms with Gasteiger partial charge in [0.2, 0.25) is 0 Å². The Hall–Kier alpha value is -2.38. The van der Waals surface area contributed by atoms with E-state index in [1.165, 1.54) is 34.5 Å². The van der Waals surface area contributed by atoms with Crippen LogP contribution in [0.25, 0.3) is 11.0 Å². The maximum atomic E-state index is 5.18. The summed E-state index contributed by atoms with van der Waals surface area (Å²) in [6.07, 6.45) is 7.06. The third kappa shape index (κ3) is 3.96. The Balaban J connectivity index is 1.43. The van der Waals surface area contributed by atoms with E-state index < -0.39 is 0 Å². The number of rotatable bonds is 6. The Morgan fingerprint density at radius 1 is 1.10 bits per heavy atom. The van der Waals surface area contributed by atoms with Crippen LogP contribution in [0.5, 0.6) is 0 Å². The topological polar surface area (TPSA) is 54.2 Å². The monoisotopic (exact) mass is 407 g/mol. The summed E-state index contributed by atoms with van der Waals surface area (Å²) in [6, 6.07) is 7.06. The van der Waals surface area contributed by atoms with Gasteiger partial charge >= 0.3 is 0 Å². The third-order valence-electron chi connectivity index (χ3n) is 6.69. The number of nitrogens with one attached hydrogen (secondary N) is 1. The van der Waals surface area contributed by atoms with Crippen molar-refractivity contribution in [3.8, 4) is 0 Å². The van der Waals surface area contributed by atoms with Gasteiger partial charge in [-0.15, -0.1) is 0 Å². The molecular weight excluding hydrogens is 374 g/mol. The minimum atomic E-state index is 0.536. The fourth-order valence-electron chi connectivity index (χ4n) is 4.78. The summed E-state index contributed by atoms with van der Waals surface area (Å²) in [5.41, 5.74) is 5.14. The van der Waals surface area contributed by atoms with Crippen LogP contribution >= 0.6 is 0 Å². The summed E-state index contributed by atoms with van der Waals surface area (Å²) in [7, 11) is 2.21. The number of imidazole rings is 1. The van der Waals surface area contributed by atoms with Crippen molar-refractivity contribution >= 4 is 16.7 Å². The molecule has 7 heteroatoms. The fraction of sp³-hybridized carbons (Fsp3) is 0.565. The highest BCUT2D eigenvalue weighted by Gasteiger charge is 2.21. The van der Waals surface area contributed by atoms with E-state index in [1.54, 1.807) is 0 Å². The molecule has 2 aliphatic heterocycles. The molecule has 30 heavy (non-hydrogen) atoms. The van der Waals surface area contributed by atoms with E-state index in [9.17, 15) is 0 Å². The molecule has 2 aliphatic rings. The molecule has 1 N–H and O–H groups in total. The van der Waals surface area contributed by atoms with Gasteiger partial charge in [-0.1, -0.05) is 0 Å². The molecule has 1 aromatic carbocycles. The van der Waals surface area contributed by atoms with Gasteiger partial charge in [-0.25, -0.2) is 4.98 Å². The Morgan fingerprint density at radius 3 is 2.77 bits per heavy atom. The summed E-state index contributed by atoms with van der Waals surface area (Å²) in [4.78, 5) is 10.2. The fourth-order valence-corrected chi connectivity index (χ4v) is 4.78. The lowest BCUT2D eigenvalue weighted by atomic mass is 9.98. The molecule has 0 unspecified atom stereocenters. The quantitative estimate of drug-likeness (QED) is 0.680. The molecule has 1 fully saturated rings. The highest BCUT2D eigenvalue weighted by Crippen LogP contribution is 2.32. The van der Waals surface area contributed by atoms with Gasteiger partial charge in [-0.05, 0) is 45.0 Å². The molecule has 7 nitrogen and oxygen atoms in total. The molecule has 5 rings (SSSR count). The lowest BCUT2D eigenvalue weighted by molar-refractivity contribution is 0.150. The Kier molecular flexibility index (Phi) is 5.48. The molecule has 2 aromatic heterocycles. The van der Waals surface area contributed by atoms with Gasteiger partial charge in [0, 0.05) is 81.9 Å². The van der Waals surface area contributed by atoms with E-state index in [4.69, 9.17) is 4.98 Å². The van der Waals surface area contributed by atoms with E-state index in [2.05, 4.69) is 50.9 Å². The lowest BCUT2D eigenvalue weighted by Crippen LogP contribution is -2.45. The van der Waals surface area contributed by atoms with Gasteiger partial charge in [0.25, 0.3) is 0 Å². The molecule has 0 saturated carbocycles. The number of likely N-dealkylation sites (N-methyl/N-ethyl adjacent to an activating group) is 1. The van der Waals surface area contributed by atoms with Gasteiger partial charge in [0.1, 0.15) is 5.82 Å². The van der Waals surface area contributed by atoms with Crippen molar-refractivity contribution in [2.75, 3.05) is 45.1 Å². The minimum Gasteiger partial charge on any atom is -0.382 e. The van der Waals surface area contributed by atoms with Crippen molar-refractivity contribution in [1.29, 1.82) is 0 Å². The molecular formula is C23H33N7. The van der Waals surface area contributed by atoms with Crippen LogP contribution in [0.1, 0.15) is 24.7 Å². The second-order valence-corrected chi connectivity index (χ2v) is 8.89. The van der Waals surface area contributed by atoms with E-state index in [0.29, 0.717) is 6.04 Å². The summed E-state index contributed by atoms with van der Waals surface area (Å²) in [6.45, 7) is 9.84. The number of piperazine rings is 1. The van der Waals surface area contributed by atoms with E-state index >= 15 is 0 Å². The van der Waals surface area contributed by atoms with Crippen molar-refractivity contribution in [2.45, 2.75) is 45.3 Å². The summed E-state index contributed by atoms with van der Waals surface area (Å²) in [5.74, 6) is 1.18. The summed E-state index contributed by atoms with van der Waals surface area (Å²) >= 11 is 0. The van der Waals surface area contributed by atoms with Crippen molar-refractivity contribution < 1.29 is 0 Å². The summed E-state index contributed by atoms with van der Waals surface area (Å²) in [5, 5.41) is 8.02. The zero-order chi connectivity index (χ0) is 20.5. The maximum absolute atomic E-state index is 5.18. The van der Waals surface area contributed by atoms with E-state index in [0.717, 1.165) is 58.7 Å². The van der Waals surface area contributed by atoms with Crippen LogP contribution < -0.4 is 5.32 Å². The average molecular weight is 408 g/mol. The van der Waals surface area contributed by atoms with Gasteiger partial charge in [-0.2, -0.15) is 5.10 Å². The molecule has 1 saturated heterocycles. The van der Waals surface area contributed by atoms with E-state index in [-0.39, 0.29) is 0 Å². The molecule has 0 amide bonds. The van der Waals surface area contributed by atoms with Crippen LogP contribution in [0.4, 0.5) is 5.69 Å². The first-order chi connectivity index (χ1) is 14.7. The highest BCUT2D eigenvalue weighted by atomic mass is 15.3. The standard InChI is InChI=1S/C23H33N7/c1-18-4-5-19-20(25-18)6-7-21-23(19)26-22(8-11-29-10-3-9-24-29)30(21)17-16-28-14-12-27(2)13-15-28/h3,6-7,9-10,18,25H,4-5,8,11-17H2,1-2H3/t18-/m0/s1. The average Bonchev–Trinajstić information content (AvgIpc) is 3.39. The third-order valence-corrected chi connectivity index (χ3v) is 6.69. The SMILES string of the molecule is C[C@H]1CCc2c(ccc3c2nc(CCn2cccn2)n3CCN2CCN(C)CC2)N1. The zero-order valence-corrected chi connectivity index (χ0v) is 18.2. The first kappa shape index (κ1) is 19.6. The molecule has 0 bridgehead atoms. The normalized spacial score (nSPS) is 20.4. The van der Waals surface area contributed by atoms with Gasteiger partial charge in [0.15, 0.2) is 0 Å². The molecule has 4 heterocycles. The van der Waals surface area contributed by atoms with Crippen molar-refractivity contribution in [3.05, 3.63) is 42.0 Å².